The standard InChI is InChI=1S/C7H13NO/c1-8-6-4-2-3-5-7-9/h9H,2-7H2. The van der Waals surface area contributed by atoms with Crippen molar-refractivity contribution in [3.63, 3.8) is 0 Å². The second-order valence-electron chi connectivity index (χ2n) is 2.02. The van der Waals surface area contributed by atoms with Crippen LogP contribution >= 0.6 is 0 Å². The third-order valence-corrected chi connectivity index (χ3v) is 1.18. The summed E-state index contributed by atoms with van der Waals surface area (Å²) in [5, 5.41) is 8.36. The van der Waals surface area contributed by atoms with Crippen molar-refractivity contribution < 1.29 is 5.11 Å². The molecule has 2 heteroatoms. The molecule has 0 atom stereocenters. The van der Waals surface area contributed by atoms with Crippen molar-refractivity contribution in [2.75, 3.05) is 13.2 Å². The lowest BCUT2D eigenvalue weighted by atomic mass is 10.2. The summed E-state index contributed by atoms with van der Waals surface area (Å²) in [7, 11) is 0. The van der Waals surface area contributed by atoms with Crippen LogP contribution in [0.5, 0.6) is 0 Å². The summed E-state index contributed by atoms with van der Waals surface area (Å²) in [5.41, 5.74) is 0. The molecule has 0 aliphatic carbocycles. The fourth-order valence-corrected chi connectivity index (χ4v) is 0.656. The van der Waals surface area contributed by atoms with Crippen LogP contribution in [0.4, 0.5) is 0 Å². The highest BCUT2D eigenvalue weighted by molar-refractivity contribution is 4.57. The Kier molecular flexibility index (Phi) is 6.99. The van der Waals surface area contributed by atoms with E-state index in [4.69, 9.17) is 11.7 Å². The molecule has 9 heavy (non-hydrogen) atoms. The zero-order valence-corrected chi connectivity index (χ0v) is 5.64. The number of nitrogens with zero attached hydrogens (tertiary/aromatic N) is 1. The van der Waals surface area contributed by atoms with Gasteiger partial charge in [-0.2, -0.15) is 0 Å². The highest BCUT2D eigenvalue weighted by Gasteiger charge is 1.88. The molecule has 52 valence electrons. The molecule has 0 aromatic rings. The summed E-state index contributed by atoms with van der Waals surface area (Å²) in [6.45, 7) is 7.39. The molecule has 2 nitrogen and oxygen atoms in total. The maximum atomic E-state index is 8.36. The summed E-state index contributed by atoms with van der Waals surface area (Å²) < 4.78 is 0. The Hall–Kier alpha value is -0.550. The van der Waals surface area contributed by atoms with Gasteiger partial charge < -0.3 is 9.95 Å². The van der Waals surface area contributed by atoms with Gasteiger partial charge in [-0.1, -0.05) is 6.42 Å². The van der Waals surface area contributed by atoms with Gasteiger partial charge in [0.1, 0.15) is 0 Å². The van der Waals surface area contributed by atoms with E-state index in [0.717, 1.165) is 25.7 Å². The van der Waals surface area contributed by atoms with Crippen LogP contribution in [0.2, 0.25) is 0 Å². The summed E-state index contributed by atoms with van der Waals surface area (Å²) in [6.07, 6.45) is 4.02. The van der Waals surface area contributed by atoms with Crippen LogP contribution in [0.15, 0.2) is 0 Å². The first-order chi connectivity index (χ1) is 4.41. The molecule has 0 aromatic heterocycles. The summed E-state index contributed by atoms with van der Waals surface area (Å²) in [6, 6.07) is 0. The van der Waals surface area contributed by atoms with E-state index in [1.165, 1.54) is 0 Å². The quantitative estimate of drug-likeness (QED) is 0.439. The van der Waals surface area contributed by atoms with E-state index >= 15 is 0 Å². The highest BCUT2D eigenvalue weighted by Crippen LogP contribution is 1.98. The van der Waals surface area contributed by atoms with Crippen molar-refractivity contribution in [3.8, 4) is 0 Å². The van der Waals surface area contributed by atoms with Crippen LogP contribution in [-0.4, -0.2) is 18.3 Å². The molecule has 0 radical (unpaired) electrons. The van der Waals surface area contributed by atoms with Crippen LogP contribution in [0, 0.1) is 6.57 Å². The molecule has 0 rings (SSSR count). The largest absolute Gasteiger partial charge is 0.396 e. The number of hydrogen-bond acceptors (Lipinski definition) is 1. The van der Waals surface area contributed by atoms with Crippen molar-refractivity contribution in [2.24, 2.45) is 0 Å². The molecule has 0 saturated carbocycles. The predicted octanol–water partition coefficient (Wildman–Crippen LogP) is 1.46. The van der Waals surface area contributed by atoms with E-state index in [0.29, 0.717) is 6.54 Å². The van der Waals surface area contributed by atoms with Crippen molar-refractivity contribution >= 4 is 0 Å². The average molecular weight is 127 g/mol. The Morgan fingerprint density at radius 1 is 1.11 bits per heavy atom. The number of aliphatic hydroxyl groups excluding tert-OH is 1. The number of unbranched alkanes of at least 4 members (excludes halogenated alkanes) is 3. The van der Waals surface area contributed by atoms with Crippen LogP contribution in [-0.2, 0) is 0 Å². The molecule has 0 saturated heterocycles. The van der Waals surface area contributed by atoms with Gasteiger partial charge >= 0.3 is 0 Å². The highest BCUT2D eigenvalue weighted by atomic mass is 16.2. The first-order valence-corrected chi connectivity index (χ1v) is 3.36. The smallest absolute Gasteiger partial charge is 0.214 e. The zero-order valence-electron chi connectivity index (χ0n) is 5.64. The summed E-state index contributed by atoms with van der Waals surface area (Å²) >= 11 is 0. The van der Waals surface area contributed by atoms with E-state index in [2.05, 4.69) is 4.85 Å². The Balaban J connectivity index is 2.69. The second kappa shape index (κ2) is 7.45. The minimum atomic E-state index is 0.290. The lowest BCUT2D eigenvalue weighted by Gasteiger charge is -1.91. The van der Waals surface area contributed by atoms with Crippen LogP contribution < -0.4 is 0 Å². The number of rotatable bonds is 5. The maximum Gasteiger partial charge on any atom is 0.214 e. The van der Waals surface area contributed by atoms with Gasteiger partial charge in [0.25, 0.3) is 0 Å². The molecule has 0 unspecified atom stereocenters. The lowest BCUT2D eigenvalue weighted by Crippen LogP contribution is -1.83. The van der Waals surface area contributed by atoms with E-state index < -0.39 is 0 Å². The van der Waals surface area contributed by atoms with Crippen molar-refractivity contribution in [1.29, 1.82) is 0 Å². The fraction of sp³-hybridized carbons (Fsp3) is 0.857. The first-order valence-electron chi connectivity index (χ1n) is 3.36. The Bertz CT molecular complexity index is 85.4. The summed E-state index contributed by atoms with van der Waals surface area (Å²) in [5.74, 6) is 0. The Morgan fingerprint density at radius 3 is 2.33 bits per heavy atom. The van der Waals surface area contributed by atoms with Crippen LogP contribution in [0.1, 0.15) is 25.7 Å². The second-order valence-corrected chi connectivity index (χ2v) is 2.02. The van der Waals surface area contributed by atoms with E-state index in [-0.39, 0.29) is 6.61 Å². The normalized spacial score (nSPS) is 8.89. The monoisotopic (exact) mass is 127 g/mol. The molecule has 1 N–H and O–H groups in total. The van der Waals surface area contributed by atoms with Crippen molar-refractivity contribution in [3.05, 3.63) is 11.4 Å². The molecular weight excluding hydrogens is 114 g/mol. The van der Waals surface area contributed by atoms with Gasteiger partial charge in [-0.25, -0.2) is 6.57 Å². The van der Waals surface area contributed by atoms with Crippen molar-refractivity contribution in [2.45, 2.75) is 25.7 Å². The molecule has 0 heterocycles. The van der Waals surface area contributed by atoms with Gasteiger partial charge in [0.05, 0.1) is 0 Å². The average Bonchev–Trinajstić information content (AvgIpc) is 1.89. The van der Waals surface area contributed by atoms with E-state index in [9.17, 15) is 0 Å². The Morgan fingerprint density at radius 2 is 1.78 bits per heavy atom. The van der Waals surface area contributed by atoms with E-state index in [1.54, 1.807) is 0 Å². The lowest BCUT2D eigenvalue weighted by molar-refractivity contribution is 0.283. The minimum Gasteiger partial charge on any atom is -0.396 e. The molecule has 0 aliphatic heterocycles. The van der Waals surface area contributed by atoms with E-state index in [1.807, 2.05) is 0 Å². The first kappa shape index (κ1) is 8.45. The third-order valence-electron chi connectivity index (χ3n) is 1.18. The molecule has 0 amide bonds. The molecule has 0 aliphatic rings. The van der Waals surface area contributed by atoms with Gasteiger partial charge in [-0.15, -0.1) is 0 Å². The molecule has 0 bridgehead atoms. The van der Waals surface area contributed by atoms with Crippen molar-refractivity contribution in [1.82, 2.24) is 0 Å². The SMILES string of the molecule is [C-]#[N+]CCCCCCO. The van der Waals surface area contributed by atoms with Gasteiger partial charge in [0, 0.05) is 13.0 Å². The minimum absolute atomic E-state index is 0.290. The summed E-state index contributed by atoms with van der Waals surface area (Å²) in [4.78, 5) is 3.22. The zero-order chi connectivity index (χ0) is 6.95. The van der Waals surface area contributed by atoms with Crippen LogP contribution in [0.25, 0.3) is 4.85 Å². The van der Waals surface area contributed by atoms with Gasteiger partial charge in [-0.05, 0) is 12.8 Å². The maximum absolute atomic E-state index is 8.36. The predicted molar refractivity (Wildman–Crippen MR) is 37.0 cm³/mol. The third kappa shape index (κ3) is 7.45. The Labute approximate surface area is 56.3 Å². The topological polar surface area (TPSA) is 24.6 Å². The van der Waals surface area contributed by atoms with Gasteiger partial charge in [-0.3, -0.25) is 0 Å². The van der Waals surface area contributed by atoms with Gasteiger partial charge in [0.15, 0.2) is 0 Å². The molecular formula is C7H13NO. The molecule has 0 aromatic carbocycles. The number of aliphatic hydroxyl groups is 1. The molecule has 0 fully saturated rings. The van der Waals surface area contributed by atoms with Crippen LogP contribution in [0.3, 0.4) is 0 Å². The number of hydrogen-bond donors (Lipinski definition) is 1. The fourth-order valence-electron chi connectivity index (χ4n) is 0.656. The molecule has 0 spiro atoms. The van der Waals surface area contributed by atoms with Gasteiger partial charge in [0.2, 0.25) is 6.54 Å².